The second-order valence-electron chi connectivity index (χ2n) is 11.2. The summed E-state index contributed by atoms with van der Waals surface area (Å²) in [6.45, 7) is 0. The van der Waals surface area contributed by atoms with Gasteiger partial charge in [0.25, 0.3) is 0 Å². The van der Waals surface area contributed by atoms with E-state index in [1.807, 2.05) is 109 Å². The van der Waals surface area contributed by atoms with Gasteiger partial charge in [-0.15, -0.1) is 0 Å². The highest BCUT2D eigenvalue weighted by molar-refractivity contribution is 6.12. The predicted molar refractivity (Wildman–Crippen MR) is 194 cm³/mol. The summed E-state index contributed by atoms with van der Waals surface area (Å²) >= 11 is 0. The number of hydrogen-bond acceptors (Lipinski definition) is 2. The van der Waals surface area contributed by atoms with Crippen LogP contribution in [0.4, 0.5) is 17.1 Å². The van der Waals surface area contributed by atoms with Crippen molar-refractivity contribution in [3.63, 3.8) is 0 Å². The third-order valence-corrected chi connectivity index (χ3v) is 8.56. The highest BCUT2D eigenvalue weighted by atomic mass is 16.3. The van der Waals surface area contributed by atoms with E-state index in [9.17, 15) is 1.37 Å². The Morgan fingerprint density at radius 3 is 2.11 bits per heavy atom. The molecule has 0 atom stereocenters. The summed E-state index contributed by atoms with van der Waals surface area (Å²) < 4.78 is 67.9. The molecule has 2 heteroatoms. The first kappa shape index (κ1) is 20.0. The minimum atomic E-state index is -0.493. The molecule has 0 radical (unpaired) electrons. The molecule has 0 spiro atoms. The maximum Gasteiger partial charge on any atom is 0.136 e. The summed E-state index contributed by atoms with van der Waals surface area (Å²) in [5.41, 5.74) is 6.64. The van der Waals surface area contributed by atoms with Crippen molar-refractivity contribution < 1.29 is 14.0 Å². The molecule has 1 aromatic heterocycles. The number of rotatable bonds is 5. The van der Waals surface area contributed by atoms with E-state index < -0.39 is 30.2 Å². The van der Waals surface area contributed by atoms with Gasteiger partial charge in [0.1, 0.15) is 11.2 Å². The molecule has 0 N–H and O–H groups in total. The molecule has 0 amide bonds. The van der Waals surface area contributed by atoms with Crippen LogP contribution in [0.2, 0.25) is 0 Å². The molecule has 9 aromatic rings. The summed E-state index contributed by atoms with van der Waals surface area (Å²) in [6, 6.07) is 40.8. The lowest BCUT2D eigenvalue weighted by Crippen LogP contribution is -2.10. The molecule has 0 bridgehead atoms. The van der Waals surface area contributed by atoms with Gasteiger partial charge in [0.2, 0.25) is 0 Å². The van der Waals surface area contributed by atoms with Gasteiger partial charge < -0.3 is 9.32 Å². The summed E-state index contributed by atoms with van der Waals surface area (Å²) in [4.78, 5) is 1.77. The van der Waals surface area contributed by atoms with Crippen LogP contribution in [-0.4, -0.2) is 0 Å². The monoisotopic (exact) mass is 594 g/mol. The van der Waals surface area contributed by atoms with E-state index in [1.54, 1.807) is 4.90 Å². The van der Waals surface area contributed by atoms with Gasteiger partial charge in [0.15, 0.2) is 0 Å². The number of para-hydroxylation sites is 1. The van der Waals surface area contributed by atoms with Gasteiger partial charge in [-0.05, 0) is 80.9 Å². The van der Waals surface area contributed by atoms with E-state index in [2.05, 4.69) is 24.3 Å². The second-order valence-corrected chi connectivity index (χ2v) is 11.2. The van der Waals surface area contributed by atoms with Crippen LogP contribution >= 0.6 is 0 Å². The first-order chi connectivity index (χ1) is 25.7. The third-order valence-electron chi connectivity index (χ3n) is 8.56. The molecule has 2 nitrogen and oxygen atoms in total. The van der Waals surface area contributed by atoms with Crippen molar-refractivity contribution in [3.8, 4) is 22.3 Å². The van der Waals surface area contributed by atoms with E-state index in [0.29, 0.717) is 11.4 Å². The highest BCUT2D eigenvalue weighted by Gasteiger charge is 2.18. The molecule has 0 saturated carbocycles. The Morgan fingerprint density at radius 1 is 0.457 bits per heavy atom. The molecular weight excluding hydrogens is 558 g/mol. The first-order valence-corrected chi connectivity index (χ1v) is 15.1. The summed E-state index contributed by atoms with van der Waals surface area (Å²) in [5.74, 6) is 0. The molecule has 0 aliphatic heterocycles. The highest BCUT2D eigenvalue weighted by Crippen LogP contribution is 2.43. The number of furan rings is 1. The largest absolute Gasteiger partial charge is 0.456 e. The van der Waals surface area contributed by atoms with Gasteiger partial charge in [-0.2, -0.15) is 0 Å². The SMILES string of the molecule is [2H]c1c([2H])c([2H])c2c(N(c3ccc(-c4cccc5ccccc45)cc3)c3cccc(-c4cccc5oc6ccccc6c45)c3)c([2H])c([2H])c([2H])c2c1[2H]. The number of nitrogens with zero attached hydrogens (tertiary/aromatic N) is 1. The van der Waals surface area contributed by atoms with Crippen LogP contribution in [0.15, 0.2) is 180 Å². The zero-order chi connectivity index (χ0) is 36.5. The molecular formula is C44H29NO. The number of benzene rings is 8. The van der Waals surface area contributed by atoms with Crippen molar-refractivity contribution in [1.82, 2.24) is 0 Å². The normalized spacial score (nSPS) is 13.6. The Morgan fingerprint density at radius 2 is 1.17 bits per heavy atom. The third kappa shape index (κ3) is 4.35. The fraction of sp³-hybridized carbons (Fsp3) is 0. The summed E-state index contributed by atoms with van der Waals surface area (Å²) in [7, 11) is 0. The Bertz CT molecular complexity index is 2920. The molecule has 1 heterocycles. The second kappa shape index (κ2) is 10.8. The van der Waals surface area contributed by atoms with Gasteiger partial charge in [-0.3, -0.25) is 0 Å². The number of fused-ring (bicyclic) bond motifs is 5. The molecule has 46 heavy (non-hydrogen) atoms. The molecule has 0 aliphatic carbocycles. The van der Waals surface area contributed by atoms with E-state index in [1.165, 1.54) is 0 Å². The zero-order valence-corrected chi connectivity index (χ0v) is 24.6. The Hall–Kier alpha value is -6.12. The lowest BCUT2D eigenvalue weighted by Gasteiger charge is -2.27. The quantitative estimate of drug-likeness (QED) is 0.197. The Balaban J connectivity index is 1.32. The average Bonchev–Trinajstić information content (AvgIpc) is 3.58. The first-order valence-electron chi connectivity index (χ1n) is 18.6. The van der Waals surface area contributed by atoms with Crippen LogP contribution in [0.5, 0.6) is 0 Å². The van der Waals surface area contributed by atoms with Crippen LogP contribution in [0, 0.1) is 0 Å². The number of hydrogen-bond donors (Lipinski definition) is 0. The minimum Gasteiger partial charge on any atom is -0.456 e. The van der Waals surface area contributed by atoms with Crippen LogP contribution in [0.3, 0.4) is 0 Å². The summed E-state index contributed by atoms with van der Waals surface area (Å²) in [6.07, 6.45) is 0. The van der Waals surface area contributed by atoms with Crippen LogP contribution < -0.4 is 4.90 Å². The van der Waals surface area contributed by atoms with E-state index in [4.69, 9.17) is 12.6 Å². The zero-order valence-electron chi connectivity index (χ0n) is 31.6. The van der Waals surface area contributed by atoms with Crippen LogP contribution in [0.25, 0.3) is 65.7 Å². The van der Waals surface area contributed by atoms with Crippen molar-refractivity contribution in [1.29, 1.82) is 0 Å². The van der Waals surface area contributed by atoms with E-state index in [0.717, 1.165) is 55.0 Å². The van der Waals surface area contributed by atoms with Gasteiger partial charge >= 0.3 is 0 Å². The molecule has 216 valence electrons. The Kier molecular flexibility index (Phi) is 4.70. The fourth-order valence-corrected chi connectivity index (χ4v) is 6.47. The van der Waals surface area contributed by atoms with Crippen molar-refractivity contribution in [2.24, 2.45) is 0 Å². The average molecular weight is 595 g/mol. The molecule has 0 aliphatic rings. The van der Waals surface area contributed by atoms with Gasteiger partial charge in [-0.25, -0.2) is 0 Å². The van der Waals surface area contributed by atoms with Crippen molar-refractivity contribution in [2.75, 3.05) is 4.90 Å². The molecule has 0 fully saturated rings. The van der Waals surface area contributed by atoms with E-state index >= 15 is 0 Å². The fourth-order valence-electron chi connectivity index (χ4n) is 6.47. The lowest BCUT2D eigenvalue weighted by molar-refractivity contribution is 0.669. The molecule has 0 unspecified atom stereocenters. The maximum absolute atomic E-state index is 9.29. The molecule has 0 saturated heterocycles. The maximum atomic E-state index is 9.29. The molecule has 8 aromatic carbocycles. The van der Waals surface area contributed by atoms with Crippen molar-refractivity contribution in [3.05, 3.63) is 176 Å². The van der Waals surface area contributed by atoms with Gasteiger partial charge in [0.05, 0.1) is 15.3 Å². The van der Waals surface area contributed by atoms with Crippen molar-refractivity contribution >= 4 is 60.5 Å². The summed E-state index contributed by atoms with van der Waals surface area (Å²) in [5, 5.41) is 4.06. The van der Waals surface area contributed by atoms with Crippen LogP contribution in [0.1, 0.15) is 9.60 Å². The Labute approximate surface area is 277 Å². The molecule has 9 rings (SSSR count). The van der Waals surface area contributed by atoms with Gasteiger partial charge in [-0.1, -0.05) is 133 Å². The number of anilines is 3. The predicted octanol–water partition coefficient (Wildman–Crippen LogP) is 12.7. The lowest BCUT2D eigenvalue weighted by atomic mass is 9.97. The standard InChI is InChI=1S/C44H29NO/c1-3-17-36-30(11-1)13-8-20-37(36)32-25-27-34(28-26-32)45(41-22-9-14-31-12-2-4-18-38(31)41)35-16-7-15-33(29-35)39-21-10-24-43-44(39)40-19-5-6-23-42(40)46-43/h1-29H/i2D,4D,9D,12D,14D,18D,22D. The smallest absolute Gasteiger partial charge is 0.136 e. The minimum absolute atomic E-state index is 0.00784. The van der Waals surface area contributed by atoms with Crippen LogP contribution in [-0.2, 0) is 0 Å². The van der Waals surface area contributed by atoms with E-state index in [-0.39, 0.29) is 28.5 Å². The van der Waals surface area contributed by atoms with Gasteiger partial charge in [0, 0.05) is 27.5 Å². The van der Waals surface area contributed by atoms with Crippen molar-refractivity contribution in [2.45, 2.75) is 0 Å². The topological polar surface area (TPSA) is 16.4 Å².